The van der Waals surface area contributed by atoms with E-state index in [0.717, 1.165) is 11.1 Å². The molecule has 0 spiro atoms. The van der Waals surface area contributed by atoms with E-state index in [1.54, 1.807) is 24.3 Å². The highest BCUT2D eigenvalue weighted by molar-refractivity contribution is 5.91. The van der Waals surface area contributed by atoms with E-state index < -0.39 is 5.97 Å². The molecule has 1 rings (SSSR count). The molecular weight excluding hydrogens is 204 g/mol. The summed E-state index contributed by atoms with van der Waals surface area (Å²) in [5.41, 5.74) is 1.29. The van der Waals surface area contributed by atoms with Gasteiger partial charge in [0, 0.05) is 6.08 Å². The molecule has 0 atom stereocenters. The Balaban J connectivity index is 3.23. The lowest BCUT2D eigenvalue weighted by Crippen LogP contribution is -2.10. The average Bonchev–Trinajstić information content (AvgIpc) is 2.14. The van der Waals surface area contributed by atoms with Gasteiger partial charge in [-0.25, -0.2) is 4.79 Å². The Morgan fingerprint density at radius 2 is 1.69 bits per heavy atom. The third-order valence-electron chi connectivity index (χ3n) is 2.25. The van der Waals surface area contributed by atoms with Gasteiger partial charge in [-0.05, 0) is 28.7 Å². The maximum Gasteiger partial charge on any atom is 0.328 e. The molecule has 2 N–H and O–H groups in total. The molecule has 86 valence electrons. The van der Waals surface area contributed by atoms with Crippen molar-refractivity contribution < 1.29 is 15.0 Å². The van der Waals surface area contributed by atoms with Crippen LogP contribution in [-0.4, -0.2) is 16.2 Å². The van der Waals surface area contributed by atoms with Crippen LogP contribution >= 0.6 is 0 Å². The summed E-state index contributed by atoms with van der Waals surface area (Å²) < 4.78 is 0. The van der Waals surface area contributed by atoms with Gasteiger partial charge >= 0.3 is 5.97 Å². The van der Waals surface area contributed by atoms with Gasteiger partial charge in [0.05, 0.1) is 0 Å². The summed E-state index contributed by atoms with van der Waals surface area (Å²) in [6, 6.07) is 6.54. The van der Waals surface area contributed by atoms with Crippen molar-refractivity contribution in [3.8, 4) is 5.75 Å². The molecule has 0 fully saturated rings. The number of hydrogen-bond donors (Lipinski definition) is 2. The molecule has 0 aliphatic rings. The number of carboxylic acid groups (broad SMARTS) is 1. The van der Waals surface area contributed by atoms with Gasteiger partial charge in [-0.2, -0.15) is 0 Å². The highest BCUT2D eigenvalue weighted by atomic mass is 16.4. The predicted octanol–water partition coefficient (Wildman–Crippen LogP) is 2.91. The molecule has 0 saturated heterocycles. The summed E-state index contributed by atoms with van der Waals surface area (Å²) in [5, 5.41) is 18.0. The number of carbonyl (C=O) groups is 1. The van der Waals surface area contributed by atoms with Crippen LogP contribution in [0.3, 0.4) is 0 Å². The molecule has 0 saturated carbocycles. The van der Waals surface area contributed by atoms with Crippen molar-refractivity contribution in [2.75, 3.05) is 0 Å². The zero-order chi connectivity index (χ0) is 12.3. The summed E-state index contributed by atoms with van der Waals surface area (Å²) >= 11 is 0. The second-order valence-electron chi connectivity index (χ2n) is 4.69. The number of carboxylic acids is 1. The first-order valence-corrected chi connectivity index (χ1v) is 5.05. The first kappa shape index (κ1) is 12.3. The van der Waals surface area contributed by atoms with Crippen LogP contribution in [0.5, 0.6) is 5.75 Å². The molecule has 0 bridgehead atoms. The van der Waals surface area contributed by atoms with Gasteiger partial charge in [-0.1, -0.05) is 32.9 Å². The molecule has 1 aromatic rings. The largest absolute Gasteiger partial charge is 0.508 e. The van der Waals surface area contributed by atoms with E-state index in [1.165, 1.54) is 6.08 Å². The lowest BCUT2D eigenvalue weighted by molar-refractivity contribution is -0.131. The van der Waals surface area contributed by atoms with Crippen LogP contribution in [0.2, 0.25) is 0 Å². The van der Waals surface area contributed by atoms with Crippen LogP contribution in [-0.2, 0) is 4.79 Å². The number of benzene rings is 1. The zero-order valence-electron chi connectivity index (χ0n) is 9.69. The van der Waals surface area contributed by atoms with E-state index in [0.29, 0.717) is 0 Å². The van der Waals surface area contributed by atoms with Crippen LogP contribution in [0.15, 0.2) is 30.3 Å². The lowest BCUT2D eigenvalue weighted by Gasteiger charge is -2.23. The third kappa shape index (κ3) is 3.12. The van der Waals surface area contributed by atoms with E-state index in [2.05, 4.69) is 0 Å². The van der Waals surface area contributed by atoms with Crippen LogP contribution < -0.4 is 0 Å². The topological polar surface area (TPSA) is 57.5 Å². The Bertz CT molecular complexity index is 408. The van der Waals surface area contributed by atoms with E-state index in [4.69, 9.17) is 5.11 Å². The monoisotopic (exact) mass is 220 g/mol. The van der Waals surface area contributed by atoms with Crippen LogP contribution in [0.4, 0.5) is 0 Å². The van der Waals surface area contributed by atoms with Gasteiger partial charge in [-0.15, -0.1) is 0 Å². The maximum atomic E-state index is 10.8. The smallest absolute Gasteiger partial charge is 0.328 e. The number of aromatic hydroxyl groups is 1. The first-order chi connectivity index (χ1) is 7.30. The number of phenols is 1. The van der Waals surface area contributed by atoms with Gasteiger partial charge in [-0.3, -0.25) is 0 Å². The number of allylic oxidation sites excluding steroid dienone is 1. The van der Waals surface area contributed by atoms with Crippen molar-refractivity contribution in [3.63, 3.8) is 0 Å². The predicted molar refractivity (Wildman–Crippen MR) is 63.2 cm³/mol. The number of hydrogen-bond acceptors (Lipinski definition) is 2. The molecule has 0 aromatic heterocycles. The van der Waals surface area contributed by atoms with Crippen molar-refractivity contribution in [1.82, 2.24) is 0 Å². The highest BCUT2D eigenvalue weighted by Crippen LogP contribution is 2.34. The average molecular weight is 220 g/mol. The Hall–Kier alpha value is -1.77. The molecule has 3 heteroatoms. The van der Waals surface area contributed by atoms with Gasteiger partial charge < -0.3 is 10.2 Å². The summed E-state index contributed by atoms with van der Waals surface area (Å²) in [4.78, 5) is 10.8. The van der Waals surface area contributed by atoms with Crippen LogP contribution in [0.25, 0.3) is 5.57 Å². The Morgan fingerprint density at radius 3 is 2.06 bits per heavy atom. The van der Waals surface area contributed by atoms with Gasteiger partial charge in [0.2, 0.25) is 0 Å². The van der Waals surface area contributed by atoms with Gasteiger partial charge in [0.1, 0.15) is 5.75 Å². The van der Waals surface area contributed by atoms with Crippen molar-refractivity contribution in [2.24, 2.45) is 5.41 Å². The summed E-state index contributed by atoms with van der Waals surface area (Å²) in [6.45, 7) is 5.86. The molecule has 16 heavy (non-hydrogen) atoms. The summed E-state index contributed by atoms with van der Waals surface area (Å²) in [7, 11) is 0. The van der Waals surface area contributed by atoms with E-state index in [9.17, 15) is 9.90 Å². The standard InChI is InChI=1S/C13H16O3/c1-13(2,3)11(8-12(15)16)9-4-6-10(14)7-5-9/h4-8,14H,1-3H3,(H,15,16)/b11-8+. The Labute approximate surface area is 95.0 Å². The quantitative estimate of drug-likeness (QED) is 0.753. The normalized spacial score (nSPS) is 12.6. The fourth-order valence-electron chi connectivity index (χ4n) is 1.50. The minimum absolute atomic E-state index is 0.173. The van der Waals surface area contributed by atoms with Crippen LogP contribution in [0.1, 0.15) is 26.3 Å². The highest BCUT2D eigenvalue weighted by Gasteiger charge is 2.19. The molecule has 0 aliphatic heterocycles. The number of phenolic OH excluding ortho intramolecular Hbond substituents is 1. The number of aliphatic carboxylic acids is 1. The first-order valence-electron chi connectivity index (χ1n) is 5.05. The fourth-order valence-corrected chi connectivity index (χ4v) is 1.50. The second-order valence-corrected chi connectivity index (χ2v) is 4.69. The molecule has 3 nitrogen and oxygen atoms in total. The van der Waals surface area contributed by atoms with Crippen molar-refractivity contribution in [3.05, 3.63) is 35.9 Å². The molecular formula is C13H16O3. The Morgan fingerprint density at radius 1 is 1.19 bits per heavy atom. The molecule has 0 unspecified atom stereocenters. The van der Waals surface area contributed by atoms with E-state index in [1.807, 2.05) is 20.8 Å². The minimum Gasteiger partial charge on any atom is -0.508 e. The van der Waals surface area contributed by atoms with Crippen molar-refractivity contribution in [1.29, 1.82) is 0 Å². The van der Waals surface area contributed by atoms with Gasteiger partial charge in [0.25, 0.3) is 0 Å². The molecule has 0 amide bonds. The third-order valence-corrected chi connectivity index (χ3v) is 2.25. The van der Waals surface area contributed by atoms with Crippen molar-refractivity contribution in [2.45, 2.75) is 20.8 Å². The fraction of sp³-hybridized carbons (Fsp3) is 0.308. The minimum atomic E-state index is -0.960. The molecule has 0 radical (unpaired) electrons. The molecule has 1 aromatic carbocycles. The number of rotatable bonds is 2. The zero-order valence-corrected chi connectivity index (χ0v) is 9.69. The molecule has 0 aliphatic carbocycles. The van der Waals surface area contributed by atoms with E-state index in [-0.39, 0.29) is 11.2 Å². The van der Waals surface area contributed by atoms with Crippen molar-refractivity contribution >= 4 is 11.5 Å². The second kappa shape index (κ2) is 4.39. The summed E-state index contributed by atoms with van der Waals surface area (Å²) in [6.07, 6.45) is 1.21. The van der Waals surface area contributed by atoms with Gasteiger partial charge in [0.15, 0.2) is 0 Å². The summed E-state index contributed by atoms with van der Waals surface area (Å²) in [5.74, 6) is -0.787. The Kier molecular flexibility index (Phi) is 3.38. The lowest BCUT2D eigenvalue weighted by atomic mass is 9.82. The van der Waals surface area contributed by atoms with Crippen LogP contribution in [0, 0.1) is 5.41 Å². The maximum absolute atomic E-state index is 10.8. The molecule has 0 heterocycles. The van der Waals surface area contributed by atoms with E-state index >= 15 is 0 Å². The SMILES string of the molecule is CC(C)(C)/C(=C/C(=O)O)c1ccc(O)cc1.